The van der Waals surface area contributed by atoms with Crippen molar-refractivity contribution in [2.24, 2.45) is 0 Å². The Morgan fingerprint density at radius 3 is 2.20 bits per heavy atom. The third kappa shape index (κ3) is 4.96. The number of aromatic nitrogens is 1. The van der Waals surface area contributed by atoms with E-state index in [1.807, 2.05) is 60.7 Å². The van der Waals surface area contributed by atoms with E-state index in [0.29, 0.717) is 17.5 Å². The number of benzene rings is 3. The number of nitrogens with one attached hydrogen (secondary N) is 1. The van der Waals surface area contributed by atoms with E-state index < -0.39 is 0 Å². The summed E-state index contributed by atoms with van der Waals surface area (Å²) >= 11 is 1.24. The molecule has 30 heavy (non-hydrogen) atoms. The Labute approximate surface area is 178 Å². The van der Waals surface area contributed by atoms with Gasteiger partial charge in [0.15, 0.2) is 5.76 Å². The van der Waals surface area contributed by atoms with E-state index in [1.165, 1.54) is 23.9 Å². The monoisotopic (exact) mass is 418 g/mol. The van der Waals surface area contributed by atoms with Crippen molar-refractivity contribution in [2.75, 3.05) is 5.75 Å². The molecule has 0 bridgehead atoms. The first-order chi connectivity index (χ1) is 14.7. The van der Waals surface area contributed by atoms with Crippen LogP contribution in [-0.4, -0.2) is 16.6 Å². The smallest absolute Gasteiger partial charge is 0.257 e. The molecular formula is C24H19FN2O2S. The standard InChI is InChI=1S/C24H19FN2O2S/c25-20-13-11-17(12-14-20)15-26-21(28)16-30-24-27-22(18-7-3-1-4-8-18)23(29-24)19-9-5-2-6-10-19/h1-14H,15-16H2,(H,26,28). The number of amides is 1. The fourth-order valence-electron chi connectivity index (χ4n) is 2.92. The molecule has 4 nitrogen and oxygen atoms in total. The number of hydrogen-bond acceptors (Lipinski definition) is 4. The molecule has 1 amide bonds. The molecule has 0 fully saturated rings. The summed E-state index contributed by atoms with van der Waals surface area (Å²) in [7, 11) is 0. The van der Waals surface area contributed by atoms with Crippen molar-refractivity contribution >= 4 is 17.7 Å². The van der Waals surface area contributed by atoms with Crippen LogP contribution in [0.25, 0.3) is 22.6 Å². The van der Waals surface area contributed by atoms with Gasteiger partial charge in [-0.1, -0.05) is 84.6 Å². The minimum Gasteiger partial charge on any atom is -0.431 e. The Morgan fingerprint density at radius 1 is 0.900 bits per heavy atom. The fraction of sp³-hybridized carbons (Fsp3) is 0.0833. The van der Waals surface area contributed by atoms with E-state index in [2.05, 4.69) is 10.3 Å². The highest BCUT2D eigenvalue weighted by Crippen LogP contribution is 2.35. The van der Waals surface area contributed by atoms with Gasteiger partial charge in [0.25, 0.3) is 5.22 Å². The highest BCUT2D eigenvalue weighted by atomic mass is 32.2. The van der Waals surface area contributed by atoms with E-state index >= 15 is 0 Å². The van der Waals surface area contributed by atoms with E-state index in [0.717, 1.165) is 22.4 Å². The minimum atomic E-state index is -0.298. The SMILES string of the molecule is O=C(CSc1nc(-c2ccccc2)c(-c2ccccc2)o1)NCc1ccc(F)cc1. The van der Waals surface area contributed by atoms with Gasteiger partial charge in [0.1, 0.15) is 11.5 Å². The summed E-state index contributed by atoms with van der Waals surface area (Å²) in [5.74, 6) is 0.401. The zero-order chi connectivity index (χ0) is 20.8. The molecule has 0 atom stereocenters. The molecule has 0 radical (unpaired) electrons. The number of oxazole rings is 1. The maximum atomic E-state index is 13.0. The number of rotatable bonds is 7. The molecule has 1 N–H and O–H groups in total. The summed E-state index contributed by atoms with van der Waals surface area (Å²) in [6, 6.07) is 25.6. The van der Waals surface area contributed by atoms with Crippen molar-refractivity contribution < 1.29 is 13.6 Å². The van der Waals surface area contributed by atoms with Gasteiger partial charge < -0.3 is 9.73 Å². The molecule has 0 spiro atoms. The first kappa shape index (κ1) is 19.9. The van der Waals surface area contributed by atoms with Gasteiger partial charge in [-0.15, -0.1) is 0 Å². The fourth-order valence-corrected chi connectivity index (χ4v) is 3.58. The zero-order valence-corrected chi connectivity index (χ0v) is 16.9. The van der Waals surface area contributed by atoms with Crippen molar-refractivity contribution in [3.8, 4) is 22.6 Å². The second kappa shape index (κ2) is 9.41. The molecule has 0 saturated heterocycles. The van der Waals surface area contributed by atoms with Crippen LogP contribution in [0, 0.1) is 5.82 Å². The van der Waals surface area contributed by atoms with Gasteiger partial charge in [-0.05, 0) is 17.7 Å². The molecule has 0 aliphatic heterocycles. The predicted octanol–water partition coefficient (Wildman–Crippen LogP) is 5.56. The average Bonchev–Trinajstić information content (AvgIpc) is 3.23. The second-order valence-corrected chi connectivity index (χ2v) is 7.51. The van der Waals surface area contributed by atoms with E-state index in [9.17, 15) is 9.18 Å². The van der Waals surface area contributed by atoms with E-state index in [1.54, 1.807) is 12.1 Å². The maximum Gasteiger partial charge on any atom is 0.257 e. The predicted molar refractivity (Wildman–Crippen MR) is 116 cm³/mol. The van der Waals surface area contributed by atoms with Crippen molar-refractivity contribution in [1.82, 2.24) is 10.3 Å². The first-order valence-corrected chi connectivity index (χ1v) is 10.4. The molecule has 150 valence electrons. The second-order valence-electron chi connectivity index (χ2n) is 6.58. The Hall–Kier alpha value is -3.38. The number of carbonyl (C=O) groups is 1. The van der Waals surface area contributed by atoms with E-state index in [4.69, 9.17) is 4.42 Å². The van der Waals surface area contributed by atoms with Crippen molar-refractivity contribution in [1.29, 1.82) is 0 Å². The lowest BCUT2D eigenvalue weighted by atomic mass is 10.1. The molecule has 4 aromatic rings. The third-order valence-electron chi connectivity index (χ3n) is 4.42. The minimum absolute atomic E-state index is 0.148. The molecule has 0 aliphatic rings. The van der Waals surface area contributed by atoms with Gasteiger partial charge in [-0.2, -0.15) is 0 Å². The Kier molecular flexibility index (Phi) is 6.25. The van der Waals surface area contributed by atoms with Crippen LogP contribution in [0.5, 0.6) is 0 Å². The zero-order valence-electron chi connectivity index (χ0n) is 16.0. The van der Waals surface area contributed by atoms with Gasteiger partial charge in [0.2, 0.25) is 5.91 Å². The average molecular weight is 418 g/mol. The Morgan fingerprint density at radius 2 is 1.53 bits per heavy atom. The molecule has 1 aromatic heterocycles. The van der Waals surface area contributed by atoms with Crippen LogP contribution >= 0.6 is 11.8 Å². The summed E-state index contributed by atoms with van der Waals surface area (Å²) in [4.78, 5) is 16.8. The van der Waals surface area contributed by atoms with Gasteiger partial charge in [0, 0.05) is 17.7 Å². The van der Waals surface area contributed by atoms with Gasteiger partial charge in [0.05, 0.1) is 5.75 Å². The largest absolute Gasteiger partial charge is 0.431 e. The van der Waals surface area contributed by atoms with Gasteiger partial charge >= 0.3 is 0 Å². The number of hydrogen-bond donors (Lipinski definition) is 1. The molecule has 0 saturated carbocycles. The molecular weight excluding hydrogens is 399 g/mol. The van der Waals surface area contributed by atoms with Gasteiger partial charge in [-0.3, -0.25) is 4.79 Å². The number of carbonyl (C=O) groups excluding carboxylic acids is 1. The molecule has 4 rings (SSSR count). The Balaban J connectivity index is 1.46. The molecule has 0 unspecified atom stereocenters. The lowest BCUT2D eigenvalue weighted by molar-refractivity contribution is -0.118. The van der Waals surface area contributed by atoms with Crippen LogP contribution in [-0.2, 0) is 11.3 Å². The summed E-state index contributed by atoms with van der Waals surface area (Å²) in [5.41, 5.74) is 3.46. The highest BCUT2D eigenvalue weighted by Gasteiger charge is 2.17. The molecule has 6 heteroatoms. The van der Waals surface area contributed by atoms with Crippen LogP contribution in [0.1, 0.15) is 5.56 Å². The summed E-state index contributed by atoms with van der Waals surface area (Å²) in [6.07, 6.45) is 0. The van der Waals surface area contributed by atoms with Crippen molar-refractivity contribution in [3.05, 3.63) is 96.3 Å². The summed E-state index contributed by atoms with van der Waals surface area (Å²) in [5, 5.41) is 3.26. The normalized spacial score (nSPS) is 10.7. The van der Waals surface area contributed by atoms with Crippen molar-refractivity contribution in [3.63, 3.8) is 0 Å². The first-order valence-electron chi connectivity index (χ1n) is 9.44. The topological polar surface area (TPSA) is 55.1 Å². The van der Waals surface area contributed by atoms with Crippen LogP contribution in [0.4, 0.5) is 4.39 Å². The lowest BCUT2D eigenvalue weighted by Crippen LogP contribution is -2.24. The molecule has 3 aromatic carbocycles. The van der Waals surface area contributed by atoms with Gasteiger partial charge in [-0.25, -0.2) is 9.37 Å². The quantitative estimate of drug-likeness (QED) is 0.400. The molecule has 1 heterocycles. The van der Waals surface area contributed by atoms with Crippen LogP contribution < -0.4 is 5.32 Å². The van der Waals surface area contributed by atoms with E-state index in [-0.39, 0.29) is 17.5 Å². The highest BCUT2D eigenvalue weighted by molar-refractivity contribution is 7.99. The lowest BCUT2D eigenvalue weighted by Gasteiger charge is -2.04. The molecule has 0 aliphatic carbocycles. The summed E-state index contributed by atoms with van der Waals surface area (Å²) < 4.78 is 19.0. The summed E-state index contributed by atoms with van der Waals surface area (Å²) in [6.45, 7) is 0.343. The van der Waals surface area contributed by atoms with Crippen LogP contribution in [0.15, 0.2) is 94.6 Å². The Bertz CT molecular complexity index is 1060. The van der Waals surface area contributed by atoms with Crippen molar-refractivity contribution in [2.45, 2.75) is 11.8 Å². The maximum absolute atomic E-state index is 13.0. The number of halogens is 1. The third-order valence-corrected chi connectivity index (χ3v) is 5.25. The van der Waals surface area contributed by atoms with Crippen LogP contribution in [0.2, 0.25) is 0 Å². The number of thioether (sulfide) groups is 1. The number of nitrogens with zero attached hydrogens (tertiary/aromatic N) is 1. The van der Waals surface area contributed by atoms with Crippen LogP contribution in [0.3, 0.4) is 0 Å².